The van der Waals surface area contributed by atoms with Crippen LogP contribution in [0, 0.1) is 5.41 Å². The quantitative estimate of drug-likeness (QED) is 0.580. The van der Waals surface area contributed by atoms with E-state index in [2.05, 4.69) is 4.99 Å². The summed E-state index contributed by atoms with van der Waals surface area (Å²) in [5.74, 6) is 0.136. The van der Waals surface area contributed by atoms with Gasteiger partial charge >= 0.3 is 0 Å². The summed E-state index contributed by atoms with van der Waals surface area (Å²) in [4.78, 5) is 3.62. The van der Waals surface area contributed by atoms with Crippen molar-refractivity contribution in [2.24, 2.45) is 4.99 Å². The van der Waals surface area contributed by atoms with Gasteiger partial charge in [0.2, 0.25) is 0 Å². The number of nitrogens with zero attached hydrogens (tertiary/aromatic N) is 1. The van der Waals surface area contributed by atoms with Crippen molar-refractivity contribution in [3.05, 3.63) is 35.9 Å². The largest absolute Gasteiger partial charge is 0.287 e. The maximum atomic E-state index is 13.2. The van der Waals surface area contributed by atoms with Gasteiger partial charge in [0.25, 0.3) is 0 Å². The Bertz CT molecular complexity index is 333. The molecule has 0 bridgehead atoms. The molecule has 1 rings (SSSR count). The third-order valence-corrected chi connectivity index (χ3v) is 1.98. The first-order valence-corrected chi connectivity index (χ1v) is 4.96. The van der Waals surface area contributed by atoms with E-state index in [1.54, 1.807) is 0 Å². The second kappa shape index (κ2) is 6.06. The molecule has 0 aliphatic rings. The lowest BCUT2D eigenvalue weighted by molar-refractivity contribution is 0.408. The topological polar surface area (TPSA) is 36.2 Å². The highest BCUT2D eigenvalue weighted by Gasteiger charge is 2.02. The Morgan fingerprint density at radius 3 is 2.73 bits per heavy atom. The van der Waals surface area contributed by atoms with Gasteiger partial charge in [-0.3, -0.25) is 5.41 Å². The van der Waals surface area contributed by atoms with E-state index in [0.717, 1.165) is 5.56 Å². The van der Waals surface area contributed by atoms with Crippen LogP contribution in [0.2, 0.25) is 0 Å². The van der Waals surface area contributed by atoms with Gasteiger partial charge in [0, 0.05) is 6.21 Å². The van der Waals surface area contributed by atoms with E-state index < -0.39 is 6.17 Å². The molecule has 1 atom stereocenters. The molecule has 0 amide bonds. The van der Waals surface area contributed by atoms with Gasteiger partial charge in [-0.1, -0.05) is 30.3 Å². The van der Waals surface area contributed by atoms with Gasteiger partial charge in [-0.2, -0.15) is 0 Å². The van der Waals surface area contributed by atoms with Crippen LogP contribution in [0.15, 0.2) is 35.3 Å². The average molecular weight is 206 g/mol. The molecule has 1 aromatic carbocycles. The summed E-state index contributed by atoms with van der Waals surface area (Å²) < 4.78 is 13.2. The normalized spacial score (nSPS) is 12.9. The van der Waals surface area contributed by atoms with Crippen LogP contribution in [0.1, 0.15) is 18.9 Å². The van der Waals surface area contributed by atoms with E-state index in [-0.39, 0.29) is 5.84 Å². The highest BCUT2D eigenvalue weighted by atomic mass is 19.1. The van der Waals surface area contributed by atoms with Gasteiger partial charge in [0.05, 0.1) is 0 Å². The van der Waals surface area contributed by atoms with Crippen molar-refractivity contribution in [1.29, 1.82) is 5.41 Å². The van der Waals surface area contributed by atoms with E-state index in [0.29, 0.717) is 12.8 Å². The van der Waals surface area contributed by atoms with Crippen LogP contribution in [0.5, 0.6) is 0 Å². The number of aliphatic imine (C=N–C) groups is 1. The Balaban J connectivity index is 2.34. The fourth-order valence-electron chi connectivity index (χ4n) is 1.22. The second-order valence-corrected chi connectivity index (χ2v) is 3.40. The summed E-state index contributed by atoms with van der Waals surface area (Å²) >= 11 is 0. The van der Waals surface area contributed by atoms with Gasteiger partial charge in [0.1, 0.15) is 12.0 Å². The zero-order valence-corrected chi connectivity index (χ0v) is 8.78. The van der Waals surface area contributed by atoms with E-state index in [1.165, 1.54) is 13.1 Å². The molecule has 2 nitrogen and oxygen atoms in total. The highest BCUT2D eigenvalue weighted by Crippen LogP contribution is 2.06. The molecule has 0 saturated carbocycles. The standard InChI is InChI=1S/C12H15FN2/c1-10(14)15-9-12(13)8-7-11-5-3-2-4-6-11/h2-6,9,12,14H,7-8H2,1H3/t12-/m0/s1. The monoisotopic (exact) mass is 206 g/mol. The van der Waals surface area contributed by atoms with Crippen LogP contribution in [0.25, 0.3) is 0 Å². The van der Waals surface area contributed by atoms with Crippen molar-refractivity contribution in [3.63, 3.8) is 0 Å². The van der Waals surface area contributed by atoms with Crippen LogP contribution in [-0.2, 0) is 6.42 Å². The molecule has 0 spiro atoms. The fourth-order valence-corrected chi connectivity index (χ4v) is 1.22. The van der Waals surface area contributed by atoms with Crippen LogP contribution in [0.4, 0.5) is 4.39 Å². The van der Waals surface area contributed by atoms with E-state index in [1.807, 2.05) is 30.3 Å². The van der Waals surface area contributed by atoms with Crippen molar-refractivity contribution in [3.8, 4) is 0 Å². The Labute approximate surface area is 89.4 Å². The molecule has 0 radical (unpaired) electrons. The molecule has 3 heteroatoms. The number of benzene rings is 1. The number of amidine groups is 1. The molecule has 80 valence electrons. The number of nitrogens with one attached hydrogen (secondary N) is 1. The number of hydrogen-bond acceptors (Lipinski definition) is 1. The molecular formula is C12H15FN2. The van der Waals surface area contributed by atoms with Crippen LogP contribution in [-0.4, -0.2) is 18.2 Å². The van der Waals surface area contributed by atoms with Crippen LogP contribution < -0.4 is 0 Å². The van der Waals surface area contributed by atoms with Crippen molar-refractivity contribution in [1.82, 2.24) is 0 Å². The molecule has 1 aromatic rings. The fraction of sp³-hybridized carbons (Fsp3) is 0.333. The Hall–Kier alpha value is -1.51. The summed E-state index contributed by atoms with van der Waals surface area (Å²) in [7, 11) is 0. The lowest BCUT2D eigenvalue weighted by atomic mass is 10.1. The molecule has 0 heterocycles. The molecular weight excluding hydrogens is 191 g/mol. The highest BCUT2D eigenvalue weighted by molar-refractivity contribution is 5.86. The van der Waals surface area contributed by atoms with Crippen molar-refractivity contribution in [2.45, 2.75) is 25.9 Å². The minimum atomic E-state index is -1.06. The molecule has 0 saturated heterocycles. The molecule has 0 unspecified atom stereocenters. The Morgan fingerprint density at radius 2 is 2.13 bits per heavy atom. The van der Waals surface area contributed by atoms with Gasteiger partial charge in [-0.25, -0.2) is 9.38 Å². The van der Waals surface area contributed by atoms with Crippen LogP contribution in [0.3, 0.4) is 0 Å². The number of aryl methyl sites for hydroxylation is 1. The van der Waals surface area contributed by atoms with E-state index in [9.17, 15) is 4.39 Å². The maximum absolute atomic E-state index is 13.2. The van der Waals surface area contributed by atoms with Gasteiger partial charge in [-0.15, -0.1) is 0 Å². The minimum Gasteiger partial charge on any atom is -0.287 e. The third-order valence-electron chi connectivity index (χ3n) is 1.98. The number of rotatable bonds is 4. The molecule has 15 heavy (non-hydrogen) atoms. The predicted molar refractivity (Wildman–Crippen MR) is 61.6 cm³/mol. The van der Waals surface area contributed by atoms with Crippen LogP contribution >= 0.6 is 0 Å². The van der Waals surface area contributed by atoms with Gasteiger partial charge in [-0.05, 0) is 25.3 Å². The average Bonchev–Trinajstić information content (AvgIpc) is 2.25. The van der Waals surface area contributed by atoms with E-state index in [4.69, 9.17) is 5.41 Å². The zero-order chi connectivity index (χ0) is 11.1. The smallest absolute Gasteiger partial charge is 0.136 e. The summed E-state index contributed by atoms with van der Waals surface area (Å²) in [5, 5.41) is 7.02. The minimum absolute atomic E-state index is 0.136. The molecule has 0 aliphatic heterocycles. The van der Waals surface area contributed by atoms with E-state index >= 15 is 0 Å². The Morgan fingerprint density at radius 1 is 1.47 bits per heavy atom. The van der Waals surface area contributed by atoms with Crippen molar-refractivity contribution in [2.75, 3.05) is 0 Å². The number of hydrogen-bond donors (Lipinski definition) is 1. The first kappa shape index (κ1) is 11.6. The first-order valence-electron chi connectivity index (χ1n) is 4.96. The SMILES string of the molecule is CC(=N)N=C[C@@H](F)CCc1ccccc1. The second-order valence-electron chi connectivity index (χ2n) is 3.40. The number of alkyl halides is 1. The Kier molecular flexibility index (Phi) is 4.68. The number of halogens is 1. The molecule has 0 aromatic heterocycles. The summed E-state index contributed by atoms with van der Waals surface area (Å²) in [6, 6.07) is 9.78. The predicted octanol–water partition coefficient (Wildman–Crippen LogP) is 3.03. The molecule has 0 fully saturated rings. The zero-order valence-electron chi connectivity index (χ0n) is 8.78. The summed E-state index contributed by atoms with van der Waals surface area (Å²) in [5.41, 5.74) is 1.13. The summed E-state index contributed by atoms with van der Waals surface area (Å²) in [6.45, 7) is 1.53. The molecule has 1 N–H and O–H groups in total. The summed E-state index contributed by atoms with van der Waals surface area (Å²) in [6.07, 6.45) is 1.25. The van der Waals surface area contributed by atoms with Gasteiger partial charge in [0.15, 0.2) is 0 Å². The van der Waals surface area contributed by atoms with Crippen molar-refractivity contribution < 1.29 is 4.39 Å². The maximum Gasteiger partial charge on any atom is 0.136 e. The lowest BCUT2D eigenvalue weighted by Gasteiger charge is -2.02. The van der Waals surface area contributed by atoms with Crippen molar-refractivity contribution >= 4 is 12.1 Å². The molecule has 0 aliphatic carbocycles. The third kappa shape index (κ3) is 5.05. The van der Waals surface area contributed by atoms with Gasteiger partial charge < -0.3 is 0 Å². The lowest BCUT2D eigenvalue weighted by Crippen LogP contribution is -2.04. The first-order chi connectivity index (χ1) is 7.18.